The number of H-pyrrole nitrogens is 1. The van der Waals surface area contributed by atoms with Gasteiger partial charge in [-0.15, -0.1) is 6.42 Å². The zero-order valence-electron chi connectivity index (χ0n) is 20.6. The summed E-state index contributed by atoms with van der Waals surface area (Å²) in [6.07, 6.45) is 1.75. The lowest BCUT2D eigenvalue weighted by atomic mass is 9.94. The van der Waals surface area contributed by atoms with Crippen molar-refractivity contribution < 1.29 is 42.5 Å². The predicted molar refractivity (Wildman–Crippen MR) is 134 cm³/mol. The fourth-order valence-corrected chi connectivity index (χ4v) is 5.22. The smallest absolute Gasteiger partial charge is 0.459 e. The van der Waals surface area contributed by atoms with Crippen molar-refractivity contribution in [1.29, 1.82) is 0 Å². The van der Waals surface area contributed by atoms with Gasteiger partial charge in [-0.2, -0.15) is 5.09 Å². The second-order valence-electron chi connectivity index (χ2n) is 8.66. The number of aliphatic hydroxyl groups is 2. The highest BCUT2D eigenvalue weighted by Crippen LogP contribution is 2.50. The summed E-state index contributed by atoms with van der Waals surface area (Å²) in [6.45, 7) is 3.27. The summed E-state index contributed by atoms with van der Waals surface area (Å²) in [4.78, 5) is 26.1. The molecule has 1 fully saturated rings. The van der Waals surface area contributed by atoms with Crippen LogP contribution in [0.4, 0.5) is 4.39 Å². The Kier molecular flexibility index (Phi) is 8.95. The Morgan fingerprint density at radius 1 is 1.37 bits per heavy atom. The van der Waals surface area contributed by atoms with E-state index in [2.05, 4.69) is 10.1 Å². The largest absolute Gasteiger partial charge is 0.462 e. The van der Waals surface area contributed by atoms with Crippen LogP contribution in [-0.4, -0.2) is 62.0 Å². The number of benzene rings is 1. The van der Waals surface area contributed by atoms with E-state index < -0.39 is 61.8 Å². The maximum absolute atomic E-state index is 16.0. The summed E-state index contributed by atoms with van der Waals surface area (Å²) in [7, 11) is -4.56. The third-order valence-corrected chi connectivity index (χ3v) is 7.24. The van der Waals surface area contributed by atoms with Crippen molar-refractivity contribution in [2.24, 2.45) is 0 Å². The molecule has 1 aromatic heterocycles. The monoisotopic (exact) mass is 571 g/mol. The van der Waals surface area contributed by atoms with Gasteiger partial charge in [-0.25, -0.2) is 8.96 Å². The normalized spacial score (nSPS) is 27.3. The molecule has 206 valence electrons. The summed E-state index contributed by atoms with van der Waals surface area (Å²) < 4.78 is 51.3. The maximum atomic E-state index is 16.0. The minimum Gasteiger partial charge on any atom is -0.462 e. The number of aromatic amines is 1. The Morgan fingerprint density at radius 2 is 2.03 bits per heavy atom. The number of aliphatic hydroxyl groups excluding tert-OH is 1. The number of halogens is 1. The number of aromatic nitrogens is 2. The Bertz CT molecular complexity index is 1360. The van der Waals surface area contributed by atoms with Crippen LogP contribution in [0.2, 0.25) is 0 Å². The molecule has 38 heavy (non-hydrogen) atoms. The van der Waals surface area contributed by atoms with Gasteiger partial charge in [-0.1, -0.05) is 24.1 Å². The van der Waals surface area contributed by atoms with Gasteiger partial charge in [0.25, 0.3) is 11.4 Å². The van der Waals surface area contributed by atoms with Gasteiger partial charge in [0.1, 0.15) is 18.4 Å². The van der Waals surface area contributed by atoms with Crippen molar-refractivity contribution in [3.8, 4) is 18.1 Å². The van der Waals surface area contributed by atoms with Crippen molar-refractivity contribution in [3.05, 3.63) is 57.7 Å². The molecule has 1 aliphatic rings. The quantitative estimate of drug-likeness (QED) is 0.143. The first-order chi connectivity index (χ1) is 17.7. The average molecular weight is 572 g/mol. The molecule has 2 aromatic rings. The Labute approximate surface area is 222 Å². The van der Waals surface area contributed by atoms with Crippen LogP contribution in [0.25, 0.3) is 0 Å². The molecule has 2 unspecified atom stereocenters. The van der Waals surface area contributed by atoms with Crippen LogP contribution in [0.1, 0.15) is 27.0 Å². The highest BCUT2D eigenvalue weighted by Gasteiger charge is 2.65. The number of carbonyl (C=O) groups is 1. The van der Waals surface area contributed by atoms with E-state index in [1.807, 2.05) is 5.92 Å². The highest BCUT2D eigenvalue weighted by molar-refractivity contribution is 7.71. The number of para-hydroxylation sites is 1. The molecule has 0 saturated carbocycles. The lowest BCUT2D eigenvalue weighted by Crippen LogP contribution is -2.50. The molecule has 15 heteroatoms. The molecule has 0 aliphatic carbocycles. The van der Waals surface area contributed by atoms with Gasteiger partial charge < -0.3 is 24.2 Å². The Hall–Kier alpha value is -2.89. The maximum Gasteiger partial charge on any atom is 0.459 e. The third-order valence-electron chi connectivity index (χ3n) is 5.30. The Balaban J connectivity index is 1.90. The molecule has 3 rings (SSSR count). The molecular formula is C23H27FN3O9PS. The van der Waals surface area contributed by atoms with E-state index in [1.165, 1.54) is 19.1 Å². The molecule has 2 heterocycles. The second-order valence-corrected chi connectivity index (χ2v) is 10.7. The first-order valence-electron chi connectivity index (χ1n) is 11.3. The number of rotatable bonds is 10. The molecule has 1 aliphatic heterocycles. The zero-order chi connectivity index (χ0) is 28.3. The van der Waals surface area contributed by atoms with E-state index >= 15 is 4.39 Å². The number of esters is 1. The molecule has 1 aromatic carbocycles. The van der Waals surface area contributed by atoms with Crippen molar-refractivity contribution in [2.75, 3.05) is 6.61 Å². The van der Waals surface area contributed by atoms with Gasteiger partial charge in [0.05, 0.1) is 6.10 Å². The number of nitrogens with zero attached hydrogens (tertiary/aromatic N) is 1. The molecule has 0 bridgehead atoms. The Morgan fingerprint density at radius 3 is 2.61 bits per heavy atom. The molecule has 0 spiro atoms. The van der Waals surface area contributed by atoms with Gasteiger partial charge in [0.15, 0.2) is 17.1 Å². The second kappa shape index (κ2) is 11.5. The summed E-state index contributed by atoms with van der Waals surface area (Å²) in [5, 5.41) is 24.0. The van der Waals surface area contributed by atoms with Crippen LogP contribution < -0.4 is 15.2 Å². The zero-order valence-corrected chi connectivity index (χ0v) is 22.3. The number of ether oxygens (including phenoxy) is 2. The van der Waals surface area contributed by atoms with E-state index in [4.69, 9.17) is 37.2 Å². The number of terminal acetylenes is 1. The molecule has 0 radical (unpaired) electrons. The number of nitrogens with one attached hydrogen (secondary N) is 2. The van der Waals surface area contributed by atoms with Gasteiger partial charge in [0.2, 0.25) is 5.60 Å². The molecule has 12 nitrogen and oxygen atoms in total. The van der Waals surface area contributed by atoms with Crippen LogP contribution in [0.5, 0.6) is 5.75 Å². The van der Waals surface area contributed by atoms with Gasteiger partial charge >= 0.3 is 13.7 Å². The van der Waals surface area contributed by atoms with Crippen molar-refractivity contribution in [2.45, 2.75) is 56.7 Å². The summed E-state index contributed by atoms with van der Waals surface area (Å²) >= 11 is 5.03. The van der Waals surface area contributed by atoms with Gasteiger partial charge in [0, 0.05) is 12.3 Å². The summed E-state index contributed by atoms with van der Waals surface area (Å²) in [5.41, 5.74) is -3.28. The molecular weight excluding hydrogens is 544 g/mol. The van der Waals surface area contributed by atoms with Crippen molar-refractivity contribution in [3.63, 3.8) is 0 Å². The minimum atomic E-state index is -4.56. The van der Waals surface area contributed by atoms with E-state index in [0.717, 1.165) is 16.8 Å². The van der Waals surface area contributed by atoms with Crippen LogP contribution >= 0.6 is 20.0 Å². The molecule has 0 amide bonds. The van der Waals surface area contributed by atoms with Crippen LogP contribution in [0, 0.1) is 17.1 Å². The lowest BCUT2D eigenvalue weighted by molar-refractivity contribution is -0.203. The van der Waals surface area contributed by atoms with Crippen LogP contribution in [-0.2, 0) is 23.4 Å². The third kappa shape index (κ3) is 6.39. The van der Waals surface area contributed by atoms with Gasteiger partial charge in [-0.3, -0.25) is 23.7 Å². The topological polar surface area (TPSA) is 161 Å². The van der Waals surface area contributed by atoms with Gasteiger partial charge in [-0.05, 0) is 45.1 Å². The fourth-order valence-electron chi connectivity index (χ4n) is 3.45. The van der Waals surface area contributed by atoms with E-state index in [1.54, 1.807) is 32.0 Å². The molecule has 6 atom stereocenters. The first kappa shape index (κ1) is 29.7. The number of hydrogen-bond acceptors (Lipinski definition) is 10. The fraction of sp³-hybridized carbons (Fsp3) is 0.435. The van der Waals surface area contributed by atoms with E-state index in [-0.39, 0.29) is 10.5 Å². The predicted octanol–water partition coefficient (Wildman–Crippen LogP) is 1.96. The summed E-state index contributed by atoms with van der Waals surface area (Å²) in [5.74, 6) is -2.11. The number of carbonyl (C=O) groups excluding carboxylic acids is 1. The van der Waals surface area contributed by atoms with E-state index in [0.29, 0.717) is 0 Å². The first-order valence-corrected chi connectivity index (χ1v) is 13.2. The SMILES string of the molecule is C#CC1(O)[C@@H](O)[C@@](F)(COP(=O)(N[C@@H](C)C(=O)OC(C)C)Oc2ccccc2)O[C@H]1n1ccc(=O)[nH]c1=S. The van der Waals surface area contributed by atoms with E-state index in [9.17, 15) is 24.4 Å². The molecule has 1 saturated heterocycles. The minimum absolute atomic E-state index is 0.0473. The number of hydrogen-bond donors (Lipinski definition) is 4. The highest BCUT2D eigenvalue weighted by atomic mass is 32.1. The summed E-state index contributed by atoms with van der Waals surface area (Å²) in [6, 6.07) is 7.46. The number of alkyl halides is 1. The standard InChI is InChI=1S/C23H27FN3O9PS/c1-5-22(31)19(30)23(24,35-20(22)27-12-11-17(28)25-21(27)38)13-33-37(32,36-16-9-7-6-8-10-16)26-15(4)18(29)34-14(2)3/h1,6-12,14-15,19-20,30-31H,13H2,2-4H3,(H,26,32)(H,25,28,38)/t15-,19+,20+,22?,23+,37?/m0/s1. The molecule has 4 N–H and O–H groups in total. The van der Waals surface area contributed by atoms with Crippen LogP contribution in [0.15, 0.2) is 47.4 Å². The van der Waals surface area contributed by atoms with Crippen molar-refractivity contribution >= 4 is 25.9 Å². The van der Waals surface area contributed by atoms with Crippen molar-refractivity contribution in [1.82, 2.24) is 14.6 Å². The average Bonchev–Trinajstić information content (AvgIpc) is 3.05. The van der Waals surface area contributed by atoms with Crippen LogP contribution in [0.3, 0.4) is 0 Å². The lowest BCUT2D eigenvalue weighted by Gasteiger charge is -2.28.